The van der Waals surface area contributed by atoms with Gasteiger partial charge in [-0.05, 0) is 66.9 Å². The molecule has 0 radical (unpaired) electrons. The molecule has 1 unspecified atom stereocenters. The molecule has 7 nitrogen and oxygen atoms in total. The normalized spacial score (nSPS) is 11.9. The van der Waals surface area contributed by atoms with Gasteiger partial charge in [-0.15, -0.1) is 5.10 Å². The number of benzene rings is 2. The lowest BCUT2D eigenvalue weighted by Crippen LogP contribution is -2.24. The van der Waals surface area contributed by atoms with Gasteiger partial charge in [-0.1, -0.05) is 36.0 Å². The van der Waals surface area contributed by atoms with Gasteiger partial charge in [0.1, 0.15) is 11.4 Å². The van der Waals surface area contributed by atoms with Gasteiger partial charge in [0.25, 0.3) is 0 Å². The molecule has 2 aromatic carbocycles. The van der Waals surface area contributed by atoms with E-state index in [9.17, 15) is 4.79 Å². The molecule has 0 aliphatic rings. The average molecular weight is 398 g/mol. The number of carbonyl (C=O) groups is 1. The third-order valence-electron chi connectivity index (χ3n) is 4.38. The van der Waals surface area contributed by atoms with Crippen LogP contribution in [0.1, 0.15) is 23.6 Å². The lowest BCUT2D eigenvalue weighted by atomic mass is 10.1. The minimum Gasteiger partial charge on any atom is -0.494 e. The Labute approximate surface area is 168 Å². The van der Waals surface area contributed by atoms with Crippen LogP contribution in [0.25, 0.3) is 5.69 Å². The van der Waals surface area contributed by atoms with Crippen molar-refractivity contribution in [1.29, 1.82) is 0 Å². The van der Waals surface area contributed by atoms with E-state index in [1.165, 1.54) is 11.8 Å². The summed E-state index contributed by atoms with van der Waals surface area (Å²) in [6.07, 6.45) is 0. The maximum Gasteiger partial charge on any atom is 0.237 e. The van der Waals surface area contributed by atoms with E-state index in [4.69, 9.17) is 4.74 Å². The lowest BCUT2D eigenvalue weighted by Gasteiger charge is -2.15. The molecule has 0 bridgehead atoms. The zero-order chi connectivity index (χ0) is 20.3. The van der Waals surface area contributed by atoms with Crippen LogP contribution in [0.4, 0.5) is 5.69 Å². The molecule has 1 aromatic heterocycles. The number of amides is 1. The van der Waals surface area contributed by atoms with Crippen molar-refractivity contribution in [3.63, 3.8) is 0 Å². The zero-order valence-electron chi connectivity index (χ0n) is 16.6. The van der Waals surface area contributed by atoms with Gasteiger partial charge in [0.2, 0.25) is 11.1 Å². The SMILES string of the molecule is COc1ccc(C)cc1-n1nnnc1SC(C)C(=O)Nc1c(C)cccc1C. The van der Waals surface area contributed by atoms with Gasteiger partial charge in [-0.2, -0.15) is 4.68 Å². The Balaban J connectivity index is 1.81. The molecule has 28 heavy (non-hydrogen) atoms. The van der Waals surface area contributed by atoms with Crippen LogP contribution in [0, 0.1) is 20.8 Å². The smallest absolute Gasteiger partial charge is 0.237 e. The summed E-state index contributed by atoms with van der Waals surface area (Å²) < 4.78 is 7.03. The number of thioether (sulfide) groups is 1. The summed E-state index contributed by atoms with van der Waals surface area (Å²) in [4.78, 5) is 12.7. The first-order valence-corrected chi connectivity index (χ1v) is 9.75. The Morgan fingerprint density at radius 3 is 2.57 bits per heavy atom. The Morgan fingerprint density at radius 2 is 1.89 bits per heavy atom. The van der Waals surface area contributed by atoms with Gasteiger partial charge < -0.3 is 10.1 Å². The minimum atomic E-state index is -0.389. The second kappa shape index (κ2) is 8.43. The summed E-state index contributed by atoms with van der Waals surface area (Å²) in [7, 11) is 1.60. The molecular formula is C20H23N5O2S. The van der Waals surface area contributed by atoms with Crippen molar-refractivity contribution in [3.8, 4) is 11.4 Å². The van der Waals surface area contributed by atoms with E-state index in [1.54, 1.807) is 11.8 Å². The molecule has 0 saturated carbocycles. The predicted molar refractivity (Wildman–Crippen MR) is 110 cm³/mol. The number of anilines is 1. The molecule has 3 rings (SSSR count). The summed E-state index contributed by atoms with van der Waals surface area (Å²) in [5.41, 5.74) is 4.69. The number of methoxy groups -OCH3 is 1. The van der Waals surface area contributed by atoms with Crippen LogP contribution in [-0.2, 0) is 4.79 Å². The predicted octanol–water partition coefficient (Wildman–Crippen LogP) is 3.72. The fourth-order valence-electron chi connectivity index (χ4n) is 2.82. The number of para-hydroxylation sites is 1. The van der Waals surface area contributed by atoms with Crippen LogP contribution in [0.2, 0.25) is 0 Å². The Hall–Kier alpha value is -2.87. The number of aromatic nitrogens is 4. The number of rotatable bonds is 6. The number of hydrogen-bond donors (Lipinski definition) is 1. The van der Waals surface area contributed by atoms with Crippen molar-refractivity contribution < 1.29 is 9.53 Å². The Kier molecular flexibility index (Phi) is 5.99. The first-order valence-electron chi connectivity index (χ1n) is 8.88. The van der Waals surface area contributed by atoms with E-state index in [2.05, 4.69) is 20.8 Å². The number of nitrogens with zero attached hydrogens (tertiary/aromatic N) is 4. The molecule has 0 fully saturated rings. The molecule has 146 valence electrons. The molecule has 0 aliphatic carbocycles. The minimum absolute atomic E-state index is 0.104. The summed E-state index contributed by atoms with van der Waals surface area (Å²) in [6, 6.07) is 11.7. The van der Waals surface area contributed by atoms with Gasteiger partial charge in [-0.3, -0.25) is 4.79 Å². The van der Waals surface area contributed by atoms with Crippen LogP contribution >= 0.6 is 11.8 Å². The number of nitrogens with one attached hydrogen (secondary N) is 1. The van der Waals surface area contributed by atoms with E-state index in [0.717, 1.165) is 28.1 Å². The average Bonchev–Trinajstić information content (AvgIpc) is 3.12. The Bertz CT molecular complexity index is 982. The standard InChI is InChI=1S/C20H23N5O2S/c1-12-9-10-17(27-5)16(11-12)25-20(22-23-24-25)28-15(4)19(26)21-18-13(2)7-6-8-14(18)3/h6-11,15H,1-5H3,(H,21,26). The van der Waals surface area contributed by atoms with Crippen molar-refractivity contribution in [3.05, 3.63) is 53.1 Å². The highest BCUT2D eigenvalue weighted by Gasteiger charge is 2.21. The van der Waals surface area contributed by atoms with E-state index >= 15 is 0 Å². The van der Waals surface area contributed by atoms with E-state index in [0.29, 0.717) is 10.9 Å². The highest BCUT2D eigenvalue weighted by Crippen LogP contribution is 2.29. The third-order valence-corrected chi connectivity index (χ3v) is 5.42. The van der Waals surface area contributed by atoms with Gasteiger partial charge >= 0.3 is 0 Å². The molecule has 1 amide bonds. The number of carbonyl (C=O) groups excluding carboxylic acids is 1. The molecule has 3 aromatic rings. The molecule has 0 saturated heterocycles. The zero-order valence-corrected chi connectivity index (χ0v) is 17.4. The van der Waals surface area contributed by atoms with Crippen LogP contribution < -0.4 is 10.1 Å². The van der Waals surface area contributed by atoms with Gasteiger partial charge in [0, 0.05) is 5.69 Å². The topological polar surface area (TPSA) is 81.9 Å². The maximum atomic E-state index is 12.7. The van der Waals surface area contributed by atoms with E-state index in [1.807, 2.05) is 64.1 Å². The highest BCUT2D eigenvalue weighted by molar-refractivity contribution is 8.00. The van der Waals surface area contributed by atoms with Crippen molar-refractivity contribution in [2.24, 2.45) is 0 Å². The molecule has 1 atom stereocenters. The van der Waals surface area contributed by atoms with Crippen LogP contribution in [0.15, 0.2) is 41.6 Å². The number of tetrazole rings is 1. The highest BCUT2D eigenvalue weighted by atomic mass is 32.2. The third kappa shape index (κ3) is 4.17. The van der Waals surface area contributed by atoms with Gasteiger partial charge in [-0.25, -0.2) is 0 Å². The van der Waals surface area contributed by atoms with E-state index < -0.39 is 0 Å². The fourth-order valence-corrected chi connectivity index (χ4v) is 3.62. The molecule has 0 spiro atoms. The number of aryl methyl sites for hydroxylation is 3. The van der Waals surface area contributed by atoms with Crippen molar-refractivity contribution in [2.45, 2.75) is 38.1 Å². The van der Waals surface area contributed by atoms with Crippen LogP contribution in [-0.4, -0.2) is 38.5 Å². The van der Waals surface area contributed by atoms with Gasteiger partial charge in [0.15, 0.2) is 0 Å². The molecular weight excluding hydrogens is 374 g/mol. The molecule has 8 heteroatoms. The first-order chi connectivity index (χ1) is 13.4. The summed E-state index contributed by atoms with van der Waals surface area (Å²) in [5, 5.41) is 15.1. The van der Waals surface area contributed by atoms with Crippen LogP contribution in [0.3, 0.4) is 0 Å². The van der Waals surface area contributed by atoms with Crippen molar-refractivity contribution in [2.75, 3.05) is 12.4 Å². The molecule has 0 aliphatic heterocycles. The number of ether oxygens (including phenoxy) is 1. The monoisotopic (exact) mass is 397 g/mol. The molecule has 1 N–H and O–H groups in total. The maximum absolute atomic E-state index is 12.7. The largest absolute Gasteiger partial charge is 0.494 e. The molecule has 1 heterocycles. The first kappa shape index (κ1) is 19.9. The van der Waals surface area contributed by atoms with E-state index in [-0.39, 0.29) is 11.2 Å². The summed E-state index contributed by atoms with van der Waals surface area (Å²) >= 11 is 1.30. The fraction of sp³-hybridized carbons (Fsp3) is 0.300. The lowest BCUT2D eigenvalue weighted by molar-refractivity contribution is -0.115. The Morgan fingerprint density at radius 1 is 1.18 bits per heavy atom. The second-order valence-electron chi connectivity index (χ2n) is 6.56. The van der Waals surface area contributed by atoms with Crippen molar-refractivity contribution in [1.82, 2.24) is 20.2 Å². The van der Waals surface area contributed by atoms with Gasteiger partial charge in [0.05, 0.1) is 12.4 Å². The summed E-state index contributed by atoms with van der Waals surface area (Å²) in [6.45, 7) is 7.77. The van der Waals surface area contributed by atoms with Crippen LogP contribution in [0.5, 0.6) is 5.75 Å². The van der Waals surface area contributed by atoms with Crippen molar-refractivity contribution >= 4 is 23.4 Å². The quantitative estimate of drug-likeness (QED) is 0.639. The summed E-state index contributed by atoms with van der Waals surface area (Å²) in [5.74, 6) is 0.556. The number of hydrogen-bond acceptors (Lipinski definition) is 6. The second-order valence-corrected chi connectivity index (χ2v) is 7.87.